The SMILES string of the molecule is CC(=O)N(c1ccccc1)c1nc(CSc2nnc(-c3ccc(C)cc3)o2)cs1. The molecule has 4 aromatic rings. The highest BCUT2D eigenvalue weighted by Gasteiger charge is 2.18. The highest BCUT2D eigenvalue weighted by molar-refractivity contribution is 7.98. The second-order valence-corrected chi connectivity index (χ2v) is 8.10. The van der Waals surface area contributed by atoms with Gasteiger partial charge in [0.05, 0.1) is 11.4 Å². The molecule has 0 spiro atoms. The molecule has 0 aliphatic carbocycles. The van der Waals surface area contributed by atoms with E-state index in [1.807, 2.05) is 66.9 Å². The molecule has 0 aliphatic heterocycles. The summed E-state index contributed by atoms with van der Waals surface area (Å²) in [6.07, 6.45) is 0. The van der Waals surface area contributed by atoms with Gasteiger partial charge in [-0.15, -0.1) is 21.5 Å². The van der Waals surface area contributed by atoms with Crippen molar-refractivity contribution in [2.24, 2.45) is 0 Å². The predicted octanol–water partition coefficient (Wildman–Crippen LogP) is 5.48. The van der Waals surface area contributed by atoms with Crippen LogP contribution in [0.15, 0.2) is 69.6 Å². The van der Waals surface area contributed by atoms with E-state index in [9.17, 15) is 4.79 Å². The monoisotopic (exact) mass is 422 g/mol. The van der Waals surface area contributed by atoms with Crippen LogP contribution < -0.4 is 4.90 Å². The van der Waals surface area contributed by atoms with Crippen LogP contribution in [0.4, 0.5) is 10.8 Å². The summed E-state index contributed by atoms with van der Waals surface area (Å²) in [6, 6.07) is 17.4. The Hall–Kier alpha value is -2.97. The van der Waals surface area contributed by atoms with E-state index in [-0.39, 0.29) is 5.91 Å². The minimum absolute atomic E-state index is 0.0793. The lowest BCUT2D eigenvalue weighted by molar-refractivity contribution is -0.115. The van der Waals surface area contributed by atoms with E-state index in [1.165, 1.54) is 35.6 Å². The van der Waals surface area contributed by atoms with Crippen molar-refractivity contribution in [3.05, 3.63) is 71.2 Å². The third-order valence-corrected chi connectivity index (χ3v) is 5.84. The van der Waals surface area contributed by atoms with Crippen LogP contribution in [0, 0.1) is 6.92 Å². The van der Waals surface area contributed by atoms with Gasteiger partial charge in [-0.3, -0.25) is 9.69 Å². The van der Waals surface area contributed by atoms with Crippen molar-refractivity contribution in [2.75, 3.05) is 4.90 Å². The molecular weight excluding hydrogens is 404 g/mol. The molecule has 0 fully saturated rings. The van der Waals surface area contributed by atoms with E-state index in [0.717, 1.165) is 16.9 Å². The Morgan fingerprint density at radius 1 is 1.10 bits per heavy atom. The van der Waals surface area contributed by atoms with Crippen molar-refractivity contribution in [3.63, 3.8) is 0 Å². The average molecular weight is 423 g/mol. The average Bonchev–Trinajstić information content (AvgIpc) is 3.37. The van der Waals surface area contributed by atoms with E-state index in [2.05, 4.69) is 15.2 Å². The van der Waals surface area contributed by atoms with Gasteiger partial charge in [0.2, 0.25) is 11.8 Å². The Morgan fingerprint density at radius 2 is 1.86 bits per heavy atom. The second kappa shape index (κ2) is 8.59. The maximum Gasteiger partial charge on any atom is 0.277 e. The minimum atomic E-state index is -0.0793. The summed E-state index contributed by atoms with van der Waals surface area (Å²) in [5.74, 6) is 0.995. The van der Waals surface area contributed by atoms with E-state index >= 15 is 0 Å². The topological polar surface area (TPSA) is 72.1 Å². The second-order valence-electron chi connectivity index (χ2n) is 6.34. The number of thioether (sulfide) groups is 1. The normalized spacial score (nSPS) is 10.8. The molecule has 1 amide bonds. The Labute approximate surface area is 176 Å². The first-order valence-electron chi connectivity index (χ1n) is 8.93. The number of nitrogens with zero attached hydrogens (tertiary/aromatic N) is 4. The van der Waals surface area contributed by atoms with Crippen molar-refractivity contribution in [2.45, 2.75) is 24.8 Å². The molecule has 146 valence electrons. The molecule has 0 bridgehead atoms. The zero-order chi connectivity index (χ0) is 20.2. The van der Waals surface area contributed by atoms with Gasteiger partial charge in [0, 0.05) is 23.6 Å². The van der Waals surface area contributed by atoms with Crippen LogP contribution >= 0.6 is 23.1 Å². The number of aromatic nitrogens is 3. The van der Waals surface area contributed by atoms with E-state index in [4.69, 9.17) is 4.42 Å². The van der Waals surface area contributed by atoms with Crippen LogP contribution in [0.5, 0.6) is 0 Å². The van der Waals surface area contributed by atoms with Crippen LogP contribution in [0.1, 0.15) is 18.2 Å². The molecular formula is C21H18N4O2S2. The lowest BCUT2D eigenvalue weighted by Crippen LogP contribution is -2.22. The van der Waals surface area contributed by atoms with Crippen LogP contribution in [-0.4, -0.2) is 21.1 Å². The number of aryl methyl sites for hydroxylation is 1. The van der Waals surface area contributed by atoms with Gasteiger partial charge in [0.25, 0.3) is 5.22 Å². The van der Waals surface area contributed by atoms with Gasteiger partial charge in [-0.2, -0.15) is 0 Å². The lowest BCUT2D eigenvalue weighted by atomic mass is 10.1. The number of carbonyl (C=O) groups is 1. The quantitative estimate of drug-likeness (QED) is 0.383. The van der Waals surface area contributed by atoms with Gasteiger partial charge in [-0.1, -0.05) is 47.7 Å². The number of amides is 1. The molecule has 0 N–H and O–H groups in total. The highest BCUT2D eigenvalue weighted by Crippen LogP contribution is 2.31. The van der Waals surface area contributed by atoms with E-state index in [1.54, 1.807) is 4.90 Å². The van der Waals surface area contributed by atoms with Crippen LogP contribution in [-0.2, 0) is 10.5 Å². The van der Waals surface area contributed by atoms with E-state index < -0.39 is 0 Å². The third-order valence-electron chi connectivity index (χ3n) is 4.11. The molecule has 0 atom stereocenters. The third kappa shape index (κ3) is 4.55. The molecule has 0 radical (unpaired) electrons. The largest absolute Gasteiger partial charge is 0.411 e. The number of hydrogen-bond acceptors (Lipinski definition) is 7. The molecule has 8 heteroatoms. The Morgan fingerprint density at radius 3 is 2.59 bits per heavy atom. The Kier molecular flexibility index (Phi) is 5.73. The molecule has 2 heterocycles. The molecule has 2 aromatic carbocycles. The first kappa shape index (κ1) is 19.4. The van der Waals surface area contributed by atoms with Crippen molar-refractivity contribution in [3.8, 4) is 11.5 Å². The highest BCUT2D eigenvalue weighted by atomic mass is 32.2. The standard InChI is InChI=1S/C21H18N4O2S2/c1-14-8-10-16(11-9-14)19-23-24-21(27-19)29-13-17-12-28-20(22-17)25(15(2)26)18-6-4-3-5-7-18/h3-12H,13H2,1-2H3. The number of thiazole rings is 1. The number of para-hydroxylation sites is 1. The van der Waals surface area contributed by atoms with Gasteiger partial charge in [0.1, 0.15) is 0 Å². The fourth-order valence-electron chi connectivity index (χ4n) is 2.69. The summed E-state index contributed by atoms with van der Waals surface area (Å²) in [5, 5.41) is 11.3. The molecule has 29 heavy (non-hydrogen) atoms. The van der Waals surface area contributed by atoms with Gasteiger partial charge in [0.15, 0.2) is 5.13 Å². The summed E-state index contributed by atoms with van der Waals surface area (Å²) >= 11 is 2.86. The molecule has 6 nitrogen and oxygen atoms in total. The number of benzene rings is 2. The fraction of sp³-hybridized carbons (Fsp3) is 0.143. The Bertz CT molecular complexity index is 1110. The number of anilines is 2. The zero-order valence-electron chi connectivity index (χ0n) is 15.9. The fourth-order valence-corrected chi connectivity index (χ4v) is 4.33. The van der Waals surface area contributed by atoms with Crippen LogP contribution in [0.3, 0.4) is 0 Å². The smallest absolute Gasteiger partial charge is 0.277 e. The maximum absolute atomic E-state index is 12.1. The zero-order valence-corrected chi connectivity index (χ0v) is 17.5. The summed E-state index contributed by atoms with van der Waals surface area (Å²) < 4.78 is 5.74. The summed E-state index contributed by atoms with van der Waals surface area (Å²) in [4.78, 5) is 18.4. The van der Waals surface area contributed by atoms with Crippen LogP contribution in [0.25, 0.3) is 11.5 Å². The number of hydrogen-bond donors (Lipinski definition) is 0. The minimum Gasteiger partial charge on any atom is -0.411 e. The summed E-state index contributed by atoms with van der Waals surface area (Å²) in [5.41, 5.74) is 3.73. The number of rotatable bonds is 6. The van der Waals surface area contributed by atoms with Gasteiger partial charge in [-0.05, 0) is 31.2 Å². The molecule has 0 saturated heterocycles. The van der Waals surface area contributed by atoms with Crippen LogP contribution in [0.2, 0.25) is 0 Å². The van der Waals surface area contributed by atoms with Gasteiger partial charge in [-0.25, -0.2) is 4.98 Å². The number of carbonyl (C=O) groups excluding carboxylic acids is 1. The van der Waals surface area contributed by atoms with Gasteiger partial charge < -0.3 is 4.42 Å². The van der Waals surface area contributed by atoms with Crippen molar-refractivity contribution in [1.29, 1.82) is 0 Å². The molecule has 0 aliphatic rings. The molecule has 2 aromatic heterocycles. The van der Waals surface area contributed by atoms with Crippen molar-refractivity contribution >= 4 is 39.8 Å². The van der Waals surface area contributed by atoms with Crippen molar-refractivity contribution in [1.82, 2.24) is 15.2 Å². The first-order valence-corrected chi connectivity index (χ1v) is 10.8. The van der Waals surface area contributed by atoms with Crippen molar-refractivity contribution < 1.29 is 9.21 Å². The summed E-state index contributed by atoms with van der Waals surface area (Å²) in [7, 11) is 0. The lowest BCUT2D eigenvalue weighted by Gasteiger charge is -2.17. The molecule has 0 unspecified atom stereocenters. The maximum atomic E-state index is 12.1. The van der Waals surface area contributed by atoms with Gasteiger partial charge >= 0.3 is 0 Å². The molecule has 4 rings (SSSR count). The summed E-state index contributed by atoms with van der Waals surface area (Å²) in [6.45, 7) is 3.57. The molecule has 0 saturated carbocycles. The Balaban J connectivity index is 1.44. The predicted molar refractivity (Wildman–Crippen MR) is 115 cm³/mol. The van der Waals surface area contributed by atoms with E-state index in [0.29, 0.717) is 22.0 Å². The first-order chi connectivity index (χ1) is 14.1.